The molecule has 2 aromatic heterocycles. The maximum absolute atomic E-state index is 5.37. The van der Waals surface area contributed by atoms with E-state index in [4.69, 9.17) is 4.52 Å². The average molecular weight is 385 g/mol. The molecule has 5 heterocycles. The lowest BCUT2D eigenvalue weighted by Crippen LogP contribution is -2.43. The third kappa shape index (κ3) is 4.36. The fourth-order valence-corrected chi connectivity index (χ4v) is 4.55. The Morgan fingerprint density at radius 1 is 1.11 bits per heavy atom. The topological polar surface area (TPSA) is 70.3 Å². The lowest BCUT2D eigenvalue weighted by Gasteiger charge is -2.36. The second-order valence-corrected chi connectivity index (χ2v) is 8.37. The van der Waals surface area contributed by atoms with Gasteiger partial charge < -0.3 is 9.84 Å². The van der Waals surface area contributed by atoms with E-state index >= 15 is 0 Å². The van der Waals surface area contributed by atoms with Gasteiger partial charge in [-0.25, -0.2) is 9.97 Å². The molecule has 7 heteroatoms. The molecule has 2 bridgehead atoms. The van der Waals surface area contributed by atoms with Crippen molar-refractivity contribution in [1.82, 2.24) is 24.9 Å². The molecule has 0 saturated carbocycles. The molecule has 3 aliphatic heterocycles. The Morgan fingerprint density at radius 2 is 1.93 bits per heavy atom. The summed E-state index contributed by atoms with van der Waals surface area (Å²) < 4.78 is 5.37. The molecular formula is C21H32N6O. The van der Waals surface area contributed by atoms with Crippen LogP contribution in [0.4, 0.5) is 5.95 Å². The third-order valence-corrected chi connectivity index (χ3v) is 6.09. The molecule has 3 fully saturated rings. The highest BCUT2D eigenvalue weighted by atomic mass is 16.5. The summed E-state index contributed by atoms with van der Waals surface area (Å²) in [7, 11) is 0. The molecular weight excluding hydrogens is 352 g/mol. The van der Waals surface area contributed by atoms with Gasteiger partial charge in [0.05, 0.1) is 5.69 Å². The van der Waals surface area contributed by atoms with Gasteiger partial charge in [-0.15, -0.1) is 0 Å². The lowest BCUT2D eigenvalue weighted by molar-refractivity contribution is 0.123. The van der Waals surface area contributed by atoms with Gasteiger partial charge in [0.2, 0.25) is 5.95 Å². The summed E-state index contributed by atoms with van der Waals surface area (Å²) in [5.74, 6) is 2.42. The Balaban J connectivity index is 1.39. The maximum Gasteiger partial charge on any atom is 0.222 e. The first-order valence-electron chi connectivity index (χ1n) is 10.5. The number of hydrogen-bond donors (Lipinski definition) is 1. The van der Waals surface area contributed by atoms with Gasteiger partial charge in [-0.2, -0.15) is 0 Å². The van der Waals surface area contributed by atoms with Crippen molar-refractivity contribution < 1.29 is 4.52 Å². The second kappa shape index (κ2) is 8.57. The number of aromatic nitrogens is 3. The van der Waals surface area contributed by atoms with E-state index in [2.05, 4.69) is 37.2 Å². The van der Waals surface area contributed by atoms with E-state index in [1.54, 1.807) is 0 Å². The van der Waals surface area contributed by atoms with Crippen LogP contribution in [-0.4, -0.2) is 57.1 Å². The van der Waals surface area contributed by atoms with E-state index in [0.29, 0.717) is 6.04 Å². The van der Waals surface area contributed by atoms with E-state index in [-0.39, 0.29) is 0 Å². The molecule has 0 aromatic carbocycles. The molecule has 5 rings (SSSR count). The second-order valence-electron chi connectivity index (χ2n) is 8.37. The lowest BCUT2D eigenvalue weighted by atomic mass is 9.95. The zero-order chi connectivity index (χ0) is 19.5. The van der Waals surface area contributed by atoms with Crippen molar-refractivity contribution in [3.63, 3.8) is 0 Å². The predicted octanol–water partition coefficient (Wildman–Crippen LogP) is 3.00. The van der Waals surface area contributed by atoms with Crippen LogP contribution >= 0.6 is 0 Å². The van der Waals surface area contributed by atoms with E-state index in [1.807, 2.05) is 26.2 Å². The summed E-state index contributed by atoms with van der Waals surface area (Å²) in [5.41, 5.74) is 3.49. The summed E-state index contributed by atoms with van der Waals surface area (Å²) in [5, 5.41) is 7.37. The first kappa shape index (κ1) is 19.3. The fourth-order valence-electron chi connectivity index (χ4n) is 4.55. The molecule has 2 aromatic rings. The minimum absolute atomic E-state index is 0.595. The van der Waals surface area contributed by atoms with Gasteiger partial charge in [-0.1, -0.05) is 12.1 Å². The number of nitrogens with one attached hydrogen (secondary N) is 1. The highest BCUT2D eigenvalue weighted by Crippen LogP contribution is 2.30. The molecule has 0 amide bonds. The Bertz CT molecular complexity index is 754. The van der Waals surface area contributed by atoms with E-state index in [1.165, 1.54) is 30.5 Å². The number of hydrogen-bond acceptors (Lipinski definition) is 7. The van der Waals surface area contributed by atoms with E-state index in [0.717, 1.165) is 62.5 Å². The van der Waals surface area contributed by atoms with Gasteiger partial charge in [-0.05, 0) is 39.0 Å². The van der Waals surface area contributed by atoms with Crippen LogP contribution in [-0.2, 0) is 13.1 Å². The molecule has 152 valence electrons. The molecule has 7 nitrogen and oxygen atoms in total. The number of rotatable bonds is 7. The van der Waals surface area contributed by atoms with Gasteiger partial charge in [0, 0.05) is 68.8 Å². The normalized spacial score (nSPS) is 23.1. The minimum atomic E-state index is 0.595. The molecule has 0 radical (unpaired) electrons. The van der Waals surface area contributed by atoms with Gasteiger partial charge in [-0.3, -0.25) is 9.80 Å². The average Bonchev–Trinajstić information content (AvgIpc) is 2.87. The van der Waals surface area contributed by atoms with E-state index in [9.17, 15) is 0 Å². The van der Waals surface area contributed by atoms with Crippen molar-refractivity contribution in [2.75, 3.05) is 31.5 Å². The molecule has 3 aliphatic rings. The molecule has 28 heavy (non-hydrogen) atoms. The Labute approximate surface area is 167 Å². The summed E-state index contributed by atoms with van der Waals surface area (Å²) in [6.07, 6.45) is 7.64. The van der Waals surface area contributed by atoms with Crippen LogP contribution in [0.2, 0.25) is 0 Å². The van der Waals surface area contributed by atoms with Crippen LogP contribution in [0.25, 0.3) is 0 Å². The monoisotopic (exact) mass is 384 g/mol. The molecule has 0 unspecified atom stereocenters. The molecule has 0 aliphatic carbocycles. The third-order valence-electron chi connectivity index (χ3n) is 6.09. The van der Waals surface area contributed by atoms with E-state index < -0.39 is 0 Å². The predicted molar refractivity (Wildman–Crippen MR) is 109 cm³/mol. The zero-order valence-corrected chi connectivity index (χ0v) is 17.3. The molecule has 1 N–H and O–H groups in total. The van der Waals surface area contributed by atoms with Crippen LogP contribution < -0.4 is 5.32 Å². The number of nitrogens with zero attached hydrogens (tertiary/aromatic N) is 5. The Morgan fingerprint density at radius 3 is 2.64 bits per heavy atom. The first-order chi connectivity index (χ1) is 13.6. The van der Waals surface area contributed by atoms with Crippen LogP contribution in [0.1, 0.15) is 48.8 Å². The molecule has 3 saturated heterocycles. The zero-order valence-electron chi connectivity index (χ0n) is 17.3. The number of piperidine rings is 1. The number of fused-ring (bicyclic) bond motifs is 4. The number of aryl methyl sites for hydroxylation is 2. The highest BCUT2D eigenvalue weighted by molar-refractivity contribution is 5.24. The van der Waals surface area contributed by atoms with Crippen LogP contribution in [0.15, 0.2) is 16.9 Å². The summed E-state index contributed by atoms with van der Waals surface area (Å²) in [4.78, 5) is 14.2. The summed E-state index contributed by atoms with van der Waals surface area (Å²) in [6, 6.07) is 0.595. The van der Waals surface area contributed by atoms with Crippen LogP contribution in [0.5, 0.6) is 0 Å². The smallest absolute Gasteiger partial charge is 0.222 e. The summed E-state index contributed by atoms with van der Waals surface area (Å²) in [6.45, 7) is 12.4. The minimum Gasteiger partial charge on any atom is -0.361 e. The fraction of sp³-hybridized carbons (Fsp3) is 0.667. The van der Waals surface area contributed by atoms with Crippen molar-refractivity contribution in [3.05, 3.63) is 35.0 Å². The standard InChI is InChI=1S/C21H32N6O/c1-4-7-22-21-23-8-18(9-24-21)12-27-11-17-5-6-19(27)13-26(10-17)14-20-15(2)25-28-16(20)3/h8-9,17,19H,4-7,10-14H2,1-3H3,(H,22,23,24)/t17-,19+/m0/s1. The largest absolute Gasteiger partial charge is 0.361 e. The van der Waals surface area contributed by atoms with Crippen molar-refractivity contribution in [3.8, 4) is 0 Å². The van der Waals surface area contributed by atoms with Crippen molar-refractivity contribution in [2.45, 2.75) is 59.2 Å². The highest BCUT2D eigenvalue weighted by Gasteiger charge is 2.35. The van der Waals surface area contributed by atoms with Crippen molar-refractivity contribution in [1.29, 1.82) is 0 Å². The van der Waals surface area contributed by atoms with Gasteiger partial charge in [0.15, 0.2) is 0 Å². The molecule has 0 spiro atoms. The SMILES string of the molecule is CCCNc1ncc(CN2C[C@H]3CC[C@@H]2CN(Cc2c(C)noc2C)C3)cn1. The molecule has 2 atom stereocenters. The number of anilines is 1. The van der Waals surface area contributed by atoms with Crippen LogP contribution in [0.3, 0.4) is 0 Å². The van der Waals surface area contributed by atoms with Crippen LogP contribution in [0, 0.1) is 19.8 Å². The Hall–Kier alpha value is -1.99. The van der Waals surface area contributed by atoms with Gasteiger partial charge in [0.1, 0.15) is 5.76 Å². The van der Waals surface area contributed by atoms with Gasteiger partial charge >= 0.3 is 0 Å². The van der Waals surface area contributed by atoms with Crippen molar-refractivity contribution in [2.24, 2.45) is 5.92 Å². The van der Waals surface area contributed by atoms with Gasteiger partial charge in [0.25, 0.3) is 0 Å². The summed E-state index contributed by atoms with van der Waals surface area (Å²) >= 11 is 0. The maximum atomic E-state index is 5.37. The Kier molecular flexibility index (Phi) is 5.92. The quantitative estimate of drug-likeness (QED) is 0.787. The van der Waals surface area contributed by atoms with Crippen molar-refractivity contribution >= 4 is 5.95 Å². The first-order valence-corrected chi connectivity index (χ1v) is 10.5.